The molecule has 94 valence electrons. The number of ketones is 2. The Morgan fingerprint density at radius 1 is 0.889 bits per heavy atom. The second kappa shape index (κ2) is 4.68. The Labute approximate surface area is 107 Å². The van der Waals surface area contributed by atoms with Gasteiger partial charge in [0, 0.05) is 12.8 Å². The Kier molecular flexibility index (Phi) is 3.02. The van der Waals surface area contributed by atoms with Gasteiger partial charge < -0.3 is 0 Å². The lowest BCUT2D eigenvalue weighted by atomic mass is 9.80. The molecule has 18 heavy (non-hydrogen) atoms. The first-order chi connectivity index (χ1) is 8.72. The maximum Gasteiger partial charge on any atom is 0.140 e. The minimum Gasteiger partial charge on any atom is -0.299 e. The van der Waals surface area contributed by atoms with Crippen molar-refractivity contribution in [1.82, 2.24) is 0 Å². The van der Waals surface area contributed by atoms with Crippen LogP contribution in [-0.2, 0) is 22.4 Å². The highest BCUT2D eigenvalue weighted by atomic mass is 16.1. The molecule has 3 rings (SSSR count). The van der Waals surface area contributed by atoms with Crippen molar-refractivity contribution in [2.75, 3.05) is 0 Å². The van der Waals surface area contributed by atoms with Crippen LogP contribution in [0.25, 0.3) is 0 Å². The molecule has 0 spiro atoms. The molecule has 0 heterocycles. The molecule has 0 aromatic heterocycles. The van der Waals surface area contributed by atoms with E-state index in [1.54, 1.807) is 0 Å². The van der Waals surface area contributed by atoms with Crippen LogP contribution in [0, 0.1) is 0 Å². The Balaban J connectivity index is 1.87. The number of fused-ring (bicyclic) bond motifs is 1. The average Bonchev–Trinajstić information content (AvgIpc) is 2.37. The standard InChI is InChI=1S/C16H18O2/c17-15-8-14(9-16(18)10-15)13-6-5-11-3-1-2-4-12(11)7-13/h5-7,14H,1-4,8-10H2. The van der Waals surface area contributed by atoms with Crippen molar-refractivity contribution in [2.45, 2.75) is 50.9 Å². The van der Waals surface area contributed by atoms with Gasteiger partial charge in [0.25, 0.3) is 0 Å². The predicted molar refractivity (Wildman–Crippen MR) is 69.7 cm³/mol. The lowest BCUT2D eigenvalue weighted by Crippen LogP contribution is -2.21. The summed E-state index contributed by atoms with van der Waals surface area (Å²) in [6.45, 7) is 0. The van der Waals surface area contributed by atoms with Crippen molar-refractivity contribution >= 4 is 11.6 Å². The number of aryl methyl sites for hydroxylation is 2. The van der Waals surface area contributed by atoms with Crippen LogP contribution in [-0.4, -0.2) is 11.6 Å². The summed E-state index contributed by atoms with van der Waals surface area (Å²) < 4.78 is 0. The van der Waals surface area contributed by atoms with E-state index in [-0.39, 0.29) is 23.9 Å². The van der Waals surface area contributed by atoms with Crippen LogP contribution in [0.15, 0.2) is 18.2 Å². The molecule has 0 radical (unpaired) electrons. The van der Waals surface area contributed by atoms with Crippen LogP contribution >= 0.6 is 0 Å². The quantitative estimate of drug-likeness (QED) is 0.709. The molecule has 2 nitrogen and oxygen atoms in total. The number of carbonyl (C=O) groups excluding carboxylic acids is 2. The summed E-state index contributed by atoms with van der Waals surface area (Å²) in [7, 11) is 0. The molecule has 2 aliphatic carbocycles. The highest BCUT2D eigenvalue weighted by Gasteiger charge is 2.27. The van der Waals surface area contributed by atoms with Crippen LogP contribution in [0.1, 0.15) is 54.7 Å². The normalized spacial score (nSPS) is 20.9. The van der Waals surface area contributed by atoms with Gasteiger partial charge in [0.15, 0.2) is 0 Å². The minimum atomic E-state index is 0.106. The van der Waals surface area contributed by atoms with E-state index in [1.165, 1.54) is 36.0 Å². The van der Waals surface area contributed by atoms with Gasteiger partial charge >= 0.3 is 0 Å². The van der Waals surface area contributed by atoms with E-state index in [2.05, 4.69) is 18.2 Å². The van der Waals surface area contributed by atoms with Gasteiger partial charge in [0.1, 0.15) is 11.6 Å². The molecule has 1 saturated carbocycles. The molecule has 1 fully saturated rings. The zero-order chi connectivity index (χ0) is 12.5. The Morgan fingerprint density at radius 2 is 1.56 bits per heavy atom. The van der Waals surface area contributed by atoms with E-state index < -0.39 is 0 Å². The van der Waals surface area contributed by atoms with E-state index in [0.29, 0.717) is 12.8 Å². The molecule has 1 aromatic rings. The molecule has 1 aromatic carbocycles. The number of Topliss-reactive ketones (excluding diaryl/α,β-unsaturated/α-hetero) is 2. The fourth-order valence-corrected chi connectivity index (χ4v) is 3.23. The van der Waals surface area contributed by atoms with Crippen molar-refractivity contribution < 1.29 is 9.59 Å². The second-order valence-corrected chi connectivity index (χ2v) is 5.59. The maximum absolute atomic E-state index is 11.5. The lowest BCUT2D eigenvalue weighted by Gasteiger charge is -2.23. The van der Waals surface area contributed by atoms with Gasteiger partial charge in [0.05, 0.1) is 6.42 Å². The third-order valence-electron chi connectivity index (χ3n) is 4.19. The summed E-state index contributed by atoms with van der Waals surface area (Å²) in [5.41, 5.74) is 4.08. The smallest absolute Gasteiger partial charge is 0.140 e. The molecule has 0 atom stereocenters. The summed E-state index contributed by atoms with van der Waals surface area (Å²) in [5.74, 6) is 0.342. The second-order valence-electron chi connectivity index (χ2n) is 5.59. The molecule has 0 unspecified atom stereocenters. The lowest BCUT2D eigenvalue weighted by molar-refractivity contribution is -0.130. The zero-order valence-corrected chi connectivity index (χ0v) is 10.6. The third kappa shape index (κ3) is 2.24. The van der Waals surface area contributed by atoms with Crippen molar-refractivity contribution in [3.63, 3.8) is 0 Å². The molecule has 0 amide bonds. The van der Waals surface area contributed by atoms with Crippen LogP contribution in [0.2, 0.25) is 0 Å². The third-order valence-corrected chi connectivity index (χ3v) is 4.19. The molecular formula is C16H18O2. The van der Waals surface area contributed by atoms with Crippen molar-refractivity contribution in [2.24, 2.45) is 0 Å². The molecule has 2 heteroatoms. The fraction of sp³-hybridized carbons (Fsp3) is 0.500. The van der Waals surface area contributed by atoms with Gasteiger partial charge in [-0.25, -0.2) is 0 Å². The molecule has 2 aliphatic rings. The maximum atomic E-state index is 11.5. The number of hydrogen-bond acceptors (Lipinski definition) is 2. The molecule has 0 saturated heterocycles. The summed E-state index contributed by atoms with van der Waals surface area (Å²) in [4.78, 5) is 23.1. The highest BCUT2D eigenvalue weighted by Crippen LogP contribution is 2.32. The predicted octanol–water partition coefficient (Wildman–Crippen LogP) is 2.97. The SMILES string of the molecule is O=C1CC(=O)CC(c2ccc3c(c2)CCCC3)C1. The van der Waals surface area contributed by atoms with Crippen LogP contribution < -0.4 is 0 Å². The molecular weight excluding hydrogens is 224 g/mol. The molecule has 0 aliphatic heterocycles. The van der Waals surface area contributed by atoms with Crippen molar-refractivity contribution in [3.05, 3.63) is 34.9 Å². The number of hydrogen-bond donors (Lipinski definition) is 0. The van der Waals surface area contributed by atoms with E-state index in [1.807, 2.05) is 0 Å². The monoisotopic (exact) mass is 242 g/mol. The fourth-order valence-electron chi connectivity index (χ4n) is 3.23. The summed E-state index contributed by atoms with van der Waals surface area (Å²) in [6, 6.07) is 6.57. The van der Waals surface area contributed by atoms with Crippen LogP contribution in [0.4, 0.5) is 0 Å². The first kappa shape index (κ1) is 11.6. The van der Waals surface area contributed by atoms with Gasteiger partial charge in [-0.3, -0.25) is 9.59 Å². The summed E-state index contributed by atoms with van der Waals surface area (Å²) in [6.07, 6.45) is 6.12. The number of carbonyl (C=O) groups is 2. The first-order valence-electron chi connectivity index (χ1n) is 6.87. The molecule has 0 N–H and O–H groups in total. The van der Waals surface area contributed by atoms with Gasteiger partial charge in [-0.15, -0.1) is 0 Å². The van der Waals surface area contributed by atoms with Gasteiger partial charge in [0.2, 0.25) is 0 Å². The summed E-state index contributed by atoms with van der Waals surface area (Å²) >= 11 is 0. The van der Waals surface area contributed by atoms with Crippen LogP contribution in [0.3, 0.4) is 0 Å². The topological polar surface area (TPSA) is 34.1 Å². The first-order valence-corrected chi connectivity index (χ1v) is 6.87. The number of rotatable bonds is 1. The Morgan fingerprint density at radius 3 is 2.28 bits per heavy atom. The average molecular weight is 242 g/mol. The van der Waals surface area contributed by atoms with Crippen molar-refractivity contribution in [1.29, 1.82) is 0 Å². The van der Waals surface area contributed by atoms with E-state index in [4.69, 9.17) is 0 Å². The Hall–Kier alpha value is -1.44. The Bertz CT molecular complexity index is 486. The zero-order valence-electron chi connectivity index (χ0n) is 10.6. The largest absolute Gasteiger partial charge is 0.299 e. The van der Waals surface area contributed by atoms with E-state index in [0.717, 1.165) is 6.42 Å². The summed E-state index contributed by atoms with van der Waals surface area (Å²) in [5, 5.41) is 0. The number of benzene rings is 1. The van der Waals surface area contributed by atoms with Crippen molar-refractivity contribution in [3.8, 4) is 0 Å². The molecule has 0 bridgehead atoms. The highest BCUT2D eigenvalue weighted by molar-refractivity contribution is 6.02. The van der Waals surface area contributed by atoms with Crippen LogP contribution in [0.5, 0.6) is 0 Å². The minimum absolute atomic E-state index is 0.106. The van der Waals surface area contributed by atoms with E-state index in [9.17, 15) is 9.59 Å². The van der Waals surface area contributed by atoms with Gasteiger partial charge in [-0.05, 0) is 48.3 Å². The van der Waals surface area contributed by atoms with Gasteiger partial charge in [-0.2, -0.15) is 0 Å². The van der Waals surface area contributed by atoms with Gasteiger partial charge in [-0.1, -0.05) is 18.2 Å². The van der Waals surface area contributed by atoms with E-state index >= 15 is 0 Å².